The van der Waals surface area contributed by atoms with Gasteiger partial charge in [0.15, 0.2) is 10.9 Å². The molecule has 0 saturated heterocycles. The topological polar surface area (TPSA) is 42.9 Å². The average molecular weight is 398 g/mol. The lowest BCUT2D eigenvalue weighted by molar-refractivity contribution is 0.102. The van der Waals surface area contributed by atoms with Crippen LogP contribution in [0.4, 0.5) is 0 Å². The lowest BCUT2D eigenvalue weighted by Gasteiger charge is -2.06. The number of ketones is 1. The molecule has 0 aliphatic carbocycles. The number of nitrogens with zero attached hydrogens (tertiary/aromatic N) is 2. The van der Waals surface area contributed by atoms with E-state index in [-0.39, 0.29) is 5.78 Å². The van der Waals surface area contributed by atoms with Crippen LogP contribution in [-0.2, 0) is 0 Å². The highest BCUT2D eigenvalue weighted by atomic mass is 127. The van der Waals surface area contributed by atoms with Gasteiger partial charge in [0.05, 0.1) is 5.75 Å². The van der Waals surface area contributed by atoms with E-state index in [2.05, 4.69) is 32.6 Å². The van der Waals surface area contributed by atoms with Crippen LogP contribution in [0.2, 0.25) is 0 Å². The highest BCUT2D eigenvalue weighted by Crippen LogP contribution is 2.18. The summed E-state index contributed by atoms with van der Waals surface area (Å²) in [5.41, 5.74) is 3.79. The van der Waals surface area contributed by atoms with Crippen molar-refractivity contribution in [1.82, 2.24) is 9.97 Å². The summed E-state index contributed by atoms with van der Waals surface area (Å²) in [7, 11) is 0. The summed E-state index contributed by atoms with van der Waals surface area (Å²) in [5.74, 6) is 0.466. The van der Waals surface area contributed by atoms with Gasteiger partial charge in [0.25, 0.3) is 0 Å². The molecule has 1 heterocycles. The summed E-state index contributed by atoms with van der Waals surface area (Å²) in [4.78, 5) is 20.9. The maximum absolute atomic E-state index is 12.1. The Morgan fingerprint density at radius 2 is 1.65 bits per heavy atom. The number of thioether (sulfide) groups is 1. The van der Waals surface area contributed by atoms with Gasteiger partial charge in [-0.3, -0.25) is 4.79 Å². The Bertz CT molecular complexity index is 618. The maximum Gasteiger partial charge on any atom is 0.188 e. The molecule has 0 fully saturated rings. The Morgan fingerprint density at radius 1 is 1.10 bits per heavy atom. The van der Waals surface area contributed by atoms with Crippen molar-refractivity contribution >= 4 is 40.1 Å². The van der Waals surface area contributed by atoms with E-state index in [0.29, 0.717) is 10.9 Å². The minimum atomic E-state index is 0.103. The van der Waals surface area contributed by atoms with Crippen molar-refractivity contribution in [2.75, 3.05) is 5.75 Å². The maximum atomic E-state index is 12.1. The SMILES string of the molecule is Cc1nc(SCC(=O)c2ccc(I)cc2)nc(C)c1C. The summed E-state index contributed by atoms with van der Waals surface area (Å²) in [6.07, 6.45) is 0. The van der Waals surface area contributed by atoms with Gasteiger partial charge < -0.3 is 0 Å². The molecule has 2 rings (SSSR count). The van der Waals surface area contributed by atoms with Crippen molar-refractivity contribution in [3.8, 4) is 0 Å². The van der Waals surface area contributed by atoms with Gasteiger partial charge in [-0.2, -0.15) is 0 Å². The van der Waals surface area contributed by atoms with Crippen molar-refractivity contribution in [2.45, 2.75) is 25.9 Å². The predicted molar refractivity (Wildman–Crippen MR) is 90.5 cm³/mol. The first-order valence-corrected chi connectivity index (χ1v) is 8.27. The lowest BCUT2D eigenvalue weighted by Crippen LogP contribution is -2.04. The molecule has 5 heteroatoms. The first kappa shape index (κ1) is 15.4. The third kappa shape index (κ3) is 3.79. The van der Waals surface area contributed by atoms with E-state index in [4.69, 9.17) is 0 Å². The van der Waals surface area contributed by atoms with E-state index >= 15 is 0 Å². The van der Waals surface area contributed by atoms with Crippen LogP contribution < -0.4 is 0 Å². The molecule has 1 aromatic heterocycles. The van der Waals surface area contributed by atoms with Gasteiger partial charge in [0.2, 0.25) is 0 Å². The number of carbonyl (C=O) groups is 1. The second-order valence-electron chi connectivity index (χ2n) is 4.52. The van der Waals surface area contributed by atoms with Crippen molar-refractivity contribution in [3.63, 3.8) is 0 Å². The summed E-state index contributed by atoms with van der Waals surface area (Å²) in [6, 6.07) is 7.60. The van der Waals surface area contributed by atoms with Gasteiger partial charge in [-0.05, 0) is 61.1 Å². The summed E-state index contributed by atoms with van der Waals surface area (Å²) in [6.45, 7) is 5.94. The predicted octanol–water partition coefficient (Wildman–Crippen LogP) is 3.98. The van der Waals surface area contributed by atoms with E-state index in [1.165, 1.54) is 11.8 Å². The Hall–Kier alpha value is -0.950. The molecule has 20 heavy (non-hydrogen) atoms. The molecule has 0 radical (unpaired) electrons. The fraction of sp³-hybridized carbons (Fsp3) is 0.267. The largest absolute Gasteiger partial charge is 0.293 e. The van der Waals surface area contributed by atoms with Crippen LogP contribution in [0, 0.1) is 24.3 Å². The molecule has 0 aliphatic heterocycles. The quantitative estimate of drug-likeness (QED) is 0.338. The third-order valence-electron chi connectivity index (χ3n) is 3.11. The Labute approximate surface area is 136 Å². The van der Waals surface area contributed by atoms with Crippen LogP contribution in [0.25, 0.3) is 0 Å². The molecule has 0 aliphatic rings. The van der Waals surface area contributed by atoms with Gasteiger partial charge in [-0.15, -0.1) is 0 Å². The number of hydrogen-bond donors (Lipinski definition) is 0. The number of carbonyl (C=O) groups excluding carboxylic acids is 1. The molecule has 1 aromatic carbocycles. The minimum absolute atomic E-state index is 0.103. The molecule has 0 N–H and O–H groups in total. The highest BCUT2D eigenvalue weighted by molar-refractivity contribution is 14.1. The third-order valence-corrected chi connectivity index (χ3v) is 4.68. The average Bonchev–Trinajstić information content (AvgIpc) is 2.42. The first-order chi connectivity index (χ1) is 9.47. The standard InChI is InChI=1S/C15H15IN2OS/c1-9-10(2)17-15(18-11(9)3)20-8-14(19)12-4-6-13(16)7-5-12/h4-7H,8H2,1-3H3. The zero-order valence-electron chi connectivity index (χ0n) is 11.6. The Kier molecular flexibility index (Phi) is 5.15. The van der Waals surface area contributed by atoms with E-state index < -0.39 is 0 Å². The second kappa shape index (κ2) is 6.67. The summed E-state index contributed by atoms with van der Waals surface area (Å²) >= 11 is 3.62. The van der Waals surface area contributed by atoms with Gasteiger partial charge in [0, 0.05) is 20.5 Å². The second-order valence-corrected chi connectivity index (χ2v) is 6.71. The number of Topliss-reactive ketones (excluding diaryl/α,β-unsaturated/α-hetero) is 1. The Morgan fingerprint density at radius 3 is 2.20 bits per heavy atom. The van der Waals surface area contributed by atoms with Gasteiger partial charge >= 0.3 is 0 Å². The van der Waals surface area contributed by atoms with Crippen LogP contribution in [0.5, 0.6) is 0 Å². The smallest absolute Gasteiger partial charge is 0.188 e. The lowest BCUT2D eigenvalue weighted by atomic mass is 10.2. The zero-order chi connectivity index (χ0) is 14.7. The molecule has 3 nitrogen and oxygen atoms in total. The van der Waals surface area contributed by atoms with Crippen molar-refractivity contribution in [1.29, 1.82) is 0 Å². The van der Waals surface area contributed by atoms with E-state index in [9.17, 15) is 4.79 Å². The van der Waals surface area contributed by atoms with E-state index in [0.717, 1.165) is 26.1 Å². The number of hydrogen-bond acceptors (Lipinski definition) is 4. The molecule has 0 spiro atoms. The van der Waals surface area contributed by atoms with E-state index in [1.54, 1.807) is 0 Å². The van der Waals surface area contributed by atoms with Crippen molar-refractivity contribution in [3.05, 3.63) is 50.4 Å². The summed E-state index contributed by atoms with van der Waals surface area (Å²) in [5, 5.41) is 0.671. The fourth-order valence-corrected chi connectivity index (χ4v) is 2.84. The molecule has 0 unspecified atom stereocenters. The van der Waals surface area contributed by atoms with Crippen LogP contribution in [0.15, 0.2) is 29.4 Å². The fourth-order valence-electron chi connectivity index (χ4n) is 1.66. The van der Waals surface area contributed by atoms with Crippen LogP contribution in [-0.4, -0.2) is 21.5 Å². The molecular formula is C15H15IN2OS. The van der Waals surface area contributed by atoms with Crippen LogP contribution in [0.3, 0.4) is 0 Å². The zero-order valence-corrected chi connectivity index (χ0v) is 14.6. The first-order valence-electron chi connectivity index (χ1n) is 6.21. The molecule has 0 atom stereocenters. The molecular weight excluding hydrogens is 383 g/mol. The van der Waals surface area contributed by atoms with Gasteiger partial charge in [0.1, 0.15) is 0 Å². The van der Waals surface area contributed by atoms with Gasteiger partial charge in [-0.1, -0.05) is 23.9 Å². The number of aryl methyl sites for hydroxylation is 2. The van der Waals surface area contributed by atoms with E-state index in [1.807, 2.05) is 45.0 Å². The number of benzene rings is 1. The minimum Gasteiger partial charge on any atom is -0.293 e. The number of rotatable bonds is 4. The number of aromatic nitrogens is 2. The summed E-state index contributed by atoms with van der Waals surface area (Å²) < 4.78 is 1.12. The molecule has 0 bridgehead atoms. The molecule has 0 amide bonds. The van der Waals surface area contributed by atoms with Gasteiger partial charge in [-0.25, -0.2) is 9.97 Å². The molecule has 2 aromatic rings. The van der Waals surface area contributed by atoms with Crippen LogP contribution >= 0.6 is 34.4 Å². The molecule has 104 valence electrons. The van der Waals surface area contributed by atoms with Crippen LogP contribution in [0.1, 0.15) is 27.3 Å². The van der Waals surface area contributed by atoms with Crippen molar-refractivity contribution in [2.24, 2.45) is 0 Å². The van der Waals surface area contributed by atoms with Crippen molar-refractivity contribution < 1.29 is 4.79 Å². The monoisotopic (exact) mass is 398 g/mol. The highest BCUT2D eigenvalue weighted by Gasteiger charge is 2.10. The normalized spacial score (nSPS) is 10.6. The molecule has 0 saturated carbocycles. The number of halogens is 1. The Balaban J connectivity index is 2.05.